The second-order valence-corrected chi connectivity index (χ2v) is 7.40. The average Bonchev–Trinajstić information content (AvgIpc) is 3.39. The van der Waals surface area contributed by atoms with Crippen molar-refractivity contribution in [1.29, 1.82) is 0 Å². The molecule has 1 aromatic carbocycles. The topological polar surface area (TPSA) is 45.5 Å². The van der Waals surface area contributed by atoms with Crippen LogP contribution in [0.5, 0.6) is 0 Å². The van der Waals surface area contributed by atoms with Crippen molar-refractivity contribution >= 4 is 16.9 Å². The standard InChI is InChI=1S/C20H25FN2O2/c1-2-13-12-23(20(24)14-3-4-14)8-7-18(13)22-11-17-10-15-9-16(21)5-6-19(15)25-17/h5-6,9-10,13-14,18,22H,2-4,7-8,11-12H2,1H3/t13-,18-/m0/s1. The van der Waals surface area contributed by atoms with Crippen molar-refractivity contribution < 1.29 is 13.6 Å². The fourth-order valence-electron chi connectivity index (χ4n) is 3.89. The zero-order valence-electron chi connectivity index (χ0n) is 14.6. The molecule has 1 aliphatic carbocycles. The van der Waals surface area contributed by atoms with Crippen molar-refractivity contribution in [3.8, 4) is 0 Å². The Labute approximate surface area is 147 Å². The van der Waals surface area contributed by atoms with Crippen LogP contribution < -0.4 is 5.32 Å². The summed E-state index contributed by atoms with van der Waals surface area (Å²) in [4.78, 5) is 14.4. The van der Waals surface area contributed by atoms with E-state index in [2.05, 4.69) is 17.1 Å². The third-order valence-electron chi connectivity index (χ3n) is 5.56. The summed E-state index contributed by atoms with van der Waals surface area (Å²) in [7, 11) is 0. The van der Waals surface area contributed by atoms with Crippen molar-refractivity contribution in [2.24, 2.45) is 11.8 Å². The first-order chi connectivity index (χ1) is 12.1. The molecule has 25 heavy (non-hydrogen) atoms. The first-order valence-corrected chi connectivity index (χ1v) is 9.34. The highest BCUT2D eigenvalue weighted by Crippen LogP contribution is 2.33. The fourth-order valence-corrected chi connectivity index (χ4v) is 3.89. The molecule has 2 aromatic rings. The third kappa shape index (κ3) is 3.56. The molecule has 1 saturated carbocycles. The van der Waals surface area contributed by atoms with Crippen LogP contribution in [-0.4, -0.2) is 29.9 Å². The Kier molecular flexibility index (Phi) is 4.50. The Balaban J connectivity index is 1.37. The van der Waals surface area contributed by atoms with Crippen molar-refractivity contribution in [2.75, 3.05) is 13.1 Å². The summed E-state index contributed by atoms with van der Waals surface area (Å²) in [6.45, 7) is 4.52. The number of piperidine rings is 1. The number of furan rings is 1. The van der Waals surface area contributed by atoms with Crippen LogP contribution in [0.3, 0.4) is 0 Å². The number of hydrogen-bond donors (Lipinski definition) is 1. The number of nitrogens with one attached hydrogen (secondary N) is 1. The number of hydrogen-bond acceptors (Lipinski definition) is 3. The second kappa shape index (κ2) is 6.79. The summed E-state index contributed by atoms with van der Waals surface area (Å²) < 4.78 is 19.1. The molecule has 1 amide bonds. The highest BCUT2D eigenvalue weighted by molar-refractivity contribution is 5.81. The van der Waals surface area contributed by atoms with E-state index < -0.39 is 0 Å². The van der Waals surface area contributed by atoms with Crippen LogP contribution in [0.2, 0.25) is 0 Å². The molecular formula is C20H25FN2O2. The van der Waals surface area contributed by atoms with Gasteiger partial charge in [0.1, 0.15) is 17.2 Å². The number of likely N-dealkylation sites (tertiary alicyclic amines) is 1. The van der Waals surface area contributed by atoms with Gasteiger partial charge >= 0.3 is 0 Å². The minimum atomic E-state index is -0.244. The molecule has 0 radical (unpaired) electrons. The number of carbonyl (C=O) groups excluding carboxylic acids is 1. The van der Waals surface area contributed by atoms with Crippen LogP contribution in [0.4, 0.5) is 4.39 Å². The van der Waals surface area contributed by atoms with E-state index in [0.29, 0.717) is 30.3 Å². The lowest BCUT2D eigenvalue weighted by molar-refractivity contribution is -0.134. The zero-order valence-corrected chi connectivity index (χ0v) is 14.6. The van der Waals surface area contributed by atoms with Crippen molar-refractivity contribution in [1.82, 2.24) is 10.2 Å². The zero-order chi connectivity index (χ0) is 17.4. The van der Waals surface area contributed by atoms with Gasteiger partial charge in [0.15, 0.2) is 0 Å². The van der Waals surface area contributed by atoms with Crippen LogP contribution in [0.25, 0.3) is 11.0 Å². The van der Waals surface area contributed by atoms with Gasteiger partial charge < -0.3 is 14.6 Å². The molecule has 2 fully saturated rings. The minimum absolute atomic E-state index is 0.244. The van der Waals surface area contributed by atoms with Gasteiger partial charge in [-0.3, -0.25) is 4.79 Å². The number of carbonyl (C=O) groups is 1. The van der Waals surface area contributed by atoms with E-state index in [0.717, 1.165) is 55.5 Å². The molecule has 4 rings (SSSR count). The lowest BCUT2D eigenvalue weighted by atomic mass is 9.89. The number of halogens is 1. The predicted molar refractivity (Wildman–Crippen MR) is 94.5 cm³/mol. The van der Waals surface area contributed by atoms with Gasteiger partial charge in [-0.05, 0) is 49.4 Å². The maximum atomic E-state index is 13.3. The van der Waals surface area contributed by atoms with Crippen LogP contribution in [-0.2, 0) is 11.3 Å². The molecule has 0 spiro atoms. The Morgan fingerprint density at radius 1 is 1.32 bits per heavy atom. The number of rotatable bonds is 5. The molecule has 1 aliphatic heterocycles. The average molecular weight is 344 g/mol. The number of benzene rings is 1. The molecule has 1 saturated heterocycles. The smallest absolute Gasteiger partial charge is 0.225 e. The minimum Gasteiger partial charge on any atom is -0.460 e. The molecular weight excluding hydrogens is 319 g/mol. The van der Waals surface area contributed by atoms with Gasteiger partial charge in [-0.15, -0.1) is 0 Å². The molecule has 2 atom stereocenters. The Hall–Kier alpha value is -1.88. The summed E-state index contributed by atoms with van der Waals surface area (Å²) in [5, 5.41) is 4.39. The lowest BCUT2D eigenvalue weighted by Gasteiger charge is -2.39. The second-order valence-electron chi connectivity index (χ2n) is 7.40. The number of nitrogens with zero attached hydrogens (tertiary/aromatic N) is 1. The maximum absolute atomic E-state index is 13.3. The van der Waals surface area contributed by atoms with E-state index in [-0.39, 0.29) is 5.82 Å². The van der Waals surface area contributed by atoms with Gasteiger partial charge in [-0.1, -0.05) is 13.3 Å². The quantitative estimate of drug-likeness (QED) is 0.900. The van der Waals surface area contributed by atoms with Crippen LogP contribution in [0, 0.1) is 17.7 Å². The van der Waals surface area contributed by atoms with Gasteiger partial charge in [0.2, 0.25) is 5.91 Å². The van der Waals surface area contributed by atoms with Gasteiger partial charge in [-0.2, -0.15) is 0 Å². The third-order valence-corrected chi connectivity index (χ3v) is 5.56. The SMILES string of the molecule is CC[C@H]1CN(C(=O)C2CC2)CC[C@@H]1NCc1cc2cc(F)ccc2o1. The van der Waals surface area contributed by atoms with E-state index in [4.69, 9.17) is 4.42 Å². The Morgan fingerprint density at radius 2 is 2.16 bits per heavy atom. The molecule has 1 aromatic heterocycles. The fraction of sp³-hybridized carbons (Fsp3) is 0.550. The molecule has 0 bridgehead atoms. The summed E-state index contributed by atoms with van der Waals surface area (Å²) in [5.74, 6) is 1.71. The molecule has 0 unspecified atom stereocenters. The van der Waals surface area contributed by atoms with E-state index in [9.17, 15) is 9.18 Å². The van der Waals surface area contributed by atoms with E-state index in [1.54, 1.807) is 6.07 Å². The van der Waals surface area contributed by atoms with Crippen LogP contribution in [0.1, 0.15) is 38.4 Å². The predicted octanol–water partition coefficient (Wildman–Crippen LogP) is 3.70. The maximum Gasteiger partial charge on any atom is 0.225 e. The molecule has 2 aliphatic rings. The van der Waals surface area contributed by atoms with E-state index in [1.807, 2.05) is 6.07 Å². The largest absolute Gasteiger partial charge is 0.460 e. The van der Waals surface area contributed by atoms with Gasteiger partial charge in [-0.25, -0.2) is 4.39 Å². The number of amides is 1. The highest BCUT2D eigenvalue weighted by atomic mass is 19.1. The molecule has 134 valence electrons. The van der Waals surface area contributed by atoms with Crippen molar-refractivity contribution in [3.63, 3.8) is 0 Å². The molecule has 1 N–H and O–H groups in total. The Morgan fingerprint density at radius 3 is 2.92 bits per heavy atom. The molecule has 5 heteroatoms. The summed E-state index contributed by atoms with van der Waals surface area (Å²) in [6, 6.07) is 6.88. The van der Waals surface area contributed by atoms with Crippen molar-refractivity contribution in [2.45, 2.75) is 45.2 Å². The monoisotopic (exact) mass is 344 g/mol. The number of fused-ring (bicyclic) bond motifs is 1. The van der Waals surface area contributed by atoms with Crippen molar-refractivity contribution in [3.05, 3.63) is 35.8 Å². The van der Waals surface area contributed by atoms with Gasteiger partial charge in [0.05, 0.1) is 6.54 Å². The highest BCUT2D eigenvalue weighted by Gasteiger charge is 2.37. The van der Waals surface area contributed by atoms with E-state index in [1.165, 1.54) is 12.1 Å². The Bertz CT molecular complexity index is 768. The van der Waals surface area contributed by atoms with Gasteiger partial charge in [0, 0.05) is 30.4 Å². The lowest BCUT2D eigenvalue weighted by Crippen LogP contribution is -2.51. The first kappa shape index (κ1) is 16.6. The van der Waals surface area contributed by atoms with Gasteiger partial charge in [0.25, 0.3) is 0 Å². The first-order valence-electron chi connectivity index (χ1n) is 9.34. The molecule has 4 nitrogen and oxygen atoms in total. The van der Waals surface area contributed by atoms with Crippen LogP contribution in [0.15, 0.2) is 28.7 Å². The van der Waals surface area contributed by atoms with Crippen LogP contribution >= 0.6 is 0 Å². The summed E-state index contributed by atoms with van der Waals surface area (Å²) >= 11 is 0. The van der Waals surface area contributed by atoms with E-state index >= 15 is 0 Å². The summed E-state index contributed by atoms with van der Waals surface area (Å²) in [6.07, 6.45) is 4.17. The molecule has 2 heterocycles. The summed E-state index contributed by atoms with van der Waals surface area (Å²) in [5.41, 5.74) is 0.718. The normalized spacial score (nSPS) is 24.0.